The van der Waals surface area contributed by atoms with E-state index in [1.807, 2.05) is 12.4 Å². The van der Waals surface area contributed by atoms with Crippen molar-refractivity contribution in [3.63, 3.8) is 0 Å². The van der Waals surface area contributed by atoms with E-state index in [0.717, 1.165) is 13.2 Å². The summed E-state index contributed by atoms with van der Waals surface area (Å²) in [6.07, 6.45) is 5.91. The molecule has 3 rings (SSSR count). The van der Waals surface area contributed by atoms with E-state index in [4.69, 9.17) is 0 Å². The molecule has 0 unspecified atom stereocenters. The maximum atomic E-state index is 4.08. The number of hydrogen-bond acceptors (Lipinski definition) is 4. The van der Waals surface area contributed by atoms with Crippen LogP contribution in [0.15, 0.2) is 60.7 Å². The van der Waals surface area contributed by atoms with E-state index in [-0.39, 0.29) is 0 Å². The summed E-state index contributed by atoms with van der Waals surface area (Å²) in [6, 6.07) is 12.8. The van der Waals surface area contributed by atoms with E-state index in [9.17, 15) is 0 Å². The van der Waals surface area contributed by atoms with Crippen LogP contribution in [0.25, 0.3) is 0 Å². The van der Waals surface area contributed by atoms with Crippen LogP contribution in [0.5, 0.6) is 0 Å². The highest BCUT2D eigenvalue weighted by molar-refractivity contribution is 5.58. The van der Waals surface area contributed by atoms with Crippen LogP contribution in [0.2, 0.25) is 0 Å². The van der Waals surface area contributed by atoms with Gasteiger partial charge in [0.2, 0.25) is 0 Å². The predicted octanol–water partition coefficient (Wildman–Crippen LogP) is 3.29. The van der Waals surface area contributed by atoms with Gasteiger partial charge in [0.25, 0.3) is 0 Å². The first-order valence-corrected chi connectivity index (χ1v) is 7.50. The number of nitrogens with zero attached hydrogens (tertiary/aromatic N) is 4. The maximum Gasteiger partial charge on any atom is 0.0947 e. The van der Waals surface area contributed by atoms with Gasteiger partial charge in [-0.3, -0.25) is 4.98 Å². The third-order valence-electron chi connectivity index (χ3n) is 3.99. The van der Waals surface area contributed by atoms with Gasteiger partial charge in [-0.2, -0.15) is 0 Å². The molecule has 1 aliphatic rings. The maximum absolute atomic E-state index is 4.08. The average Bonchev–Trinajstić information content (AvgIpc) is 2.89. The lowest BCUT2D eigenvalue weighted by molar-refractivity contribution is 0.370. The fraction of sp³-hybridized carbons (Fsp3) is 0.278. The van der Waals surface area contributed by atoms with Gasteiger partial charge in [-0.05, 0) is 48.9 Å². The molecule has 1 aromatic carbocycles. The molecule has 0 fully saturated rings. The summed E-state index contributed by atoms with van der Waals surface area (Å²) in [5.41, 5.74) is 5.01. The number of aromatic nitrogens is 1. The molecule has 4 nitrogen and oxygen atoms in total. The predicted molar refractivity (Wildman–Crippen MR) is 91.7 cm³/mol. The van der Waals surface area contributed by atoms with Crippen molar-refractivity contribution in [1.29, 1.82) is 0 Å². The summed E-state index contributed by atoms with van der Waals surface area (Å²) in [7, 11) is 4.12. The van der Waals surface area contributed by atoms with Crippen LogP contribution in [0.3, 0.4) is 0 Å². The van der Waals surface area contributed by atoms with Crippen molar-refractivity contribution in [2.45, 2.75) is 13.5 Å². The molecule has 4 heteroatoms. The van der Waals surface area contributed by atoms with Crippen molar-refractivity contribution < 1.29 is 0 Å². The van der Waals surface area contributed by atoms with Crippen molar-refractivity contribution >= 4 is 11.4 Å². The number of rotatable bonds is 4. The monoisotopic (exact) mass is 294 g/mol. The second-order valence-corrected chi connectivity index (χ2v) is 5.85. The second-order valence-electron chi connectivity index (χ2n) is 5.85. The van der Waals surface area contributed by atoms with Gasteiger partial charge in [-0.25, -0.2) is 0 Å². The smallest absolute Gasteiger partial charge is 0.0947 e. The molecule has 0 aliphatic carbocycles. The van der Waals surface area contributed by atoms with Gasteiger partial charge in [0, 0.05) is 56.3 Å². The molecule has 1 aromatic heterocycles. The summed E-state index contributed by atoms with van der Waals surface area (Å²) in [5, 5.41) is 0. The minimum Gasteiger partial charge on any atom is -0.378 e. The van der Waals surface area contributed by atoms with Crippen molar-refractivity contribution in [2.24, 2.45) is 0 Å². The Balaban J connectivity index is 1.70. The first-order valence-electron chi connectivity index (χ1n) is 7.50. The Hall–Kier alpha value is -2.49. The Labute approximate surface area is 132 Å². The topological polar surface area (TPSA) is 22.6 Å². The minimum absolute atomic E-state index is 0.884. The molecular formula is C18H22N4. The van der Waals surface area contributed by atoms with Gasteiger partial charge < -0.3 is 14.7 Å². The number of benzene rings is 1. The summed E-state index contributed by atoms with van der Waals surface area (Å²) < 4.78 is 0. The van der Waals surface area contributed by atoms with Gasteiger partial charge in [0.05, 0.1) is 6.67 Å². The zero-order valence-electron chi connectivity index (χ0n) is 13.4. The first-order chi connectivity index (χ1) is 10.6. The number of pyridine rings is 1. The standard InChI is InChI=1S/C18H22N4/c1-15-12-22(18-6-4-17(5-7-18)20(2)3)14-21(15)13-16-8-10-19-11-9-16/h4-12H,13-14H2,1-3H3. The Bertz CT molecular complexity index is 647. The fourth-order valence-electron chi connectivity index (χ4n) is 2.63. The highest BCUT2D eigenvalue weighted by Crippen LogP contribution is 2.26. The van der Waals surface area contributed by atoms with Crippen molar-refractivity contribution in [2.75, 3.05) is 30.6 Å². The van der Waals surface area contributed by atoms with Crippen molar-refractivity contribution in [3.8, 4) is 0 Å². The Morgan fingerprint density at radius 3 is 2.36 bits per heavy atom. The molecule has 0 spiro atoms. The normalized spacial score (nSPS) is 14.2. The summed E-state index contributed by atoms with van der Waals surface area (Å²) in [5.74, 6) is 0. The fourth-order valence-corrected chi connectivity index (χ4v) is 2.63. The molecule has 2 heterocycles. The summed E-state index contributed by atoms with van der Waals surface area (Å²) in [6.45, 7) is 3.96. The third-order valence-corrected chi connectivity index (χ3v) is 3.99. The largest absolute Gasteiger partial charge is 0.378 e. The van der Waals surface area contributed by atoms with E-state index in [2.05, 4.69) is 83.3 Å². The van der Waals surface area contributed by atoms with Gasteiger partial charge in [-0.15, -0.1) is 0 Å². The number of allylic oxidation sites excluding steroid dienone is 1. The summed E-state index contributed by atoms with van der Waals surface area (Å²) in [4.78, 5) is 10.8. The van der Waals surface area contributed by atoms with E-state index < -0.39 is 0 Å². The van der Waals surface area contributed by atoms with Crippen LogP contribution in [-0.2, 0) is 6.54 Å². The molecule has 0 amide bonds. The van der Waals surface area contributed by atoms with Crippen LogP contribution in [-0.4, -0.2) is 30.6 Å². The zero-order chi connectivity index (χ0) is 15.5. The van der Waals surface area contributed by atoms with Gasteiger partial charge in [0.15, 0.2) is 0 Å². The molecule has 0 atom stereocenters. The Morgan fingerprint density at radius 1 is 1.05 bits per heavy atom. The molecule has 0 N–H and O–H groups in total. The summed E-state index contributed by atoms with van der Waals surface area (Å²) >= 11 is 0. The van der Waals surface area contributed by atoms with Gasteiger partial charge >= 0.3 is 0 Å². The second kappa shape index (κ2) is 6.10. The lowest BCUT2D eigenvalue weighted by Gasteiger charge is -2.23. The zero-order valence-corrected chi connectivity index (χ0v) is 13.4. The molecule has 0 saturated heterocycles. The lowest BCUT2D eigenvalue weighted by Crippen LogP contribution is -2.26. The van der Waals surface area contributed by atoms with Gasteiger partial charge in [0.1, 0.15) is 0 Å². The van der Waals surface area contributed by atoms with E-state index in [0.29, 0.717) is 0 Å². The van der Waals surface area contributed by atoms with Crippen LogP contribution in [0.1, 0.15) is 12.5 Å². The molecular weight excluding hydrogens is 272 g/mol. The van der Waals surface area contributed by atoms with Crippen molar-refractivity contribution in [1.82, 2.24) is 9.88 Å². The van der Waals surface area contributed by atoms with Crippen LogP contribution >= 0.6 is 0 Å². The van der Waals surface area contributed by atoms with Gasteiger partial charge in [-0.1, -0.05) is 0 Å². The quantitative estimate of drug-likeness (QED) is 0.863. The van der Waals surface area contributed by atoms with Crippen molar-refractivity contribution in [3.05, 3.63) is 66.3 Å². The van der Waals surface area contributed by atoms with E-state index >= 15 is 0 Å². The molecule has 2 aromatic rings. The molecule has 0 saturated carbocycles. The minimum atomic E-state index is 0.884. The Kier molecular flexibility index (Phi) is 4.00. The van der Waals surface area contributed by atoms with E-state index in [1.54, 1.807) is 0 Å². The SMILES string of the molecule is CC1=CN(c2ccc(N(C)C)cc2)CN1Cc1ccncc1. The first kappa shape index (κ1) is 14.4. The lowest BCUT2D eigenvalue weighted by atomic mass is 10.2. The van der Waals surface area contributed by atoms with Crippen LogP contribution in [0, 0.1) is 0 Å². The molecule has 114 valence electrons. The number of hydrogen-bond donors (Lipinski definition) is 0. The Morgan fingerprint density at radius 2 is 1.73 bits per heavy atom. The van der Waals surface area contributed by atoms with E-state index in [1.165, 1.54) is 22.6 Å². The van der Waals surface area contributed by atoms with Crippen LogP contribution < -0.4 is 9.80 Å². The molecule has 0 radical (unpaired) electrons. The number of anilines is 2. The molecule has 1 aliphatic heterocycles. The molecule has 0 bridgehead atoms. The molecule has 22 heavy (non-hydrogen) atoms. The average molecular weight is 294 g/mol. The highest BCUT2D eigenvalue weighted by Gasteiger charge is 2.19. The highest BCUT2D eigenvalue weighted by atomic mass is 15.4. The third kappa shape index (κ3) is 3.06. The van der Waals surface area contributed by atoms with Crippen LogP contribution in [0.4, 0.5) is 11.4 Å².